The molecule has 0 unspecified atom stereocenters. The van der Waals surface area contributed by atoms with E-state index >= 15 is 0 Å². The summed E-state index contributed by atoms with van der Waals surface area (Å²) in [7, 11) is 0. The fourth-order valence-electron chi connectivity index (χ4n) is 3.89. The van der Waals surface area contributed by atoms with Gasteiger partial charge in [0, 0.05) is 42.8 Å². The van der Waals surface area contributed by atoms with Crippen LogP contribution in [0, 0.1) is 0 Å². The van der Waals surface area contributed by atoms with Gasteiger partial charge in [0.1, 0.15) is 0 Å². The van der Waals surface area contributed by atoms with Crippen LogP contribution in [-0.4, -0.2) is 26.2 Å². The molecule has 26 heavy (non-hydrogen) atoms. The van der Waals surface area contributed by atoms with Crippen molar-refractivity contribution in [1.82, 2.24) is 0 Å². The Balaban J connectivity index is 2.44. The summed E-state index contributed by atoms with van der Waals surface area (Å²) in [5.74, 6) is 0. The highest BCUT2D eigenvalue weighted by Gasteiger charge is 2.21. The van der Waals surface area contributed by atoms with Gasteiger partial charge in [-0.15, -0.1) is 0 Å². The van der Waals surface area contributed by atoms with Crippen molar-refractivity contribution in [3.8, 4) is 11.1 Å². The van der Waals surface area contributed by atoms with E-state index in [2.05, 4.69) is 98.2 Å². The fraction of sp³-hybridized carbons (Fsp3) is 0.333. The lowest BCUT2D eigenvalue weighted by molar-refractivity contribution is 0.857. The molecule has 3 rings (SSSR count). The maximum absolute atomic E-state index is 2.50. The van der Waals surface area contributed by atoms with Crippen molar-refractivity contribution < 1.29 is 0 Å². The molecule has 0 radical (unpaired) electrons. The number of hydrogen-bond donors (Lipinski definition) is 0. The summed E-state index contributed by atoms with van der Waals surface area (Å²) in [4.78, 5) is 4.97. The molecule has 0 aliphatic carbocycles. The Morgan fingerprint density at radius 1 is 0.654 bits per heavy atom. The first-order valence-corrected chi connectivity index (χ1v) is 9.86. The molecule has 2 nitrogen and oxygen atoms in total. The maximum atomic E-state index is 2.50. The molecule has 3 aromatic carbocycles. The van der Waals surface area contributed by atoms with E-state index in [1.165, 1.54) is 33.3 Å². The zero-order chi connectivity index (χ0) is 18.5. The largest absolute Gasteiger partial charge is 0.372 e. The molecule has 136 valence electrons. The Bertz CT molecular complexity index is 847. The van der Waals surface area contributed by atoms with E-state index in [1.54, 1.807) is 0 Å². The molecule has 3 aromatic rings. The minimum absolute atomic E-state index is 1.00. The van der Waals surface area contributed by atoms with Gasteiger partial charge in [-0.2, -0.15) is 0 Å². The summed E-state index contributed by atoms with van der Waals surface area (Å²) in [5, 5.41) is 2.65. The van der Waals surface area contributed by atoms with E-state index in [0.29, 0.717) is 0 Å². The van der Waals surface area contributed by atoms with Crippen LogP contribution >= 0.6 is 0 Å². The van der Waals surface area contributed by atoms with Crippen LogP contribution in [0.5, 0.6) is 0 Å². The molecule has 0 heterocycles. The first kappa shape index (κ1) is 18.3. The summed E-state index contributed by atoms with van der Waals surface area (Å²) in [6.07, 6.45) is 0. The highest BCUT2D eigenvalue weighted by Crippen LogP contribution is 2.44. The minimum Gasteiger partial charge on any atom is -0.372 e. The maximum Gasteiger partial charge on any atom is 0.0546 e. The lowest BCUT2D eigenvalue weighted by Crippen LogP contribution is -2.26. The van der Waals surface area contributed by atoms with Gasteiger partial charge in [-0.05, 0) is 44.7 Å². The van der Waals surface area contributed by atoms with Crippen LogP contribution < -0.4 is 9.80 Å². The van der Waals surface area contributed by atoms with Crippen molar-refractivity contribution >= 4 is 22.1 Å². The molecule has 0 N–H and O–H groups in total. The third kappa shape index (κ3) is 3.29. The van der Waals surface area contributed by atoms with Crippen LogP contribution in [0.3, 0.4) is 0 Å². The van der Waals surface area contributed by atoms with E-state index in [4.69, 9.17) is 0 Å². The number of rotatable bonds is 7. The highest BCUT2D eigenvalue weighted by atomic mass is 15.1. The monoisotopic (exact) mass is 346 g/mol. The zero-order valence-electron chi connectivity index (χ0n) is 16.5. The van der Waals surface area contributed by atoms with Crippen LogP contribution in [0.2, 0.25) is 0 Å². The molecule has 0 aliphatic rings. The van der Waals surface area contributed by atoms with Crippen molar-refractivity contribution in [3.05, 3.63) is 60.7 Å². The second-order valence-corrected chi connectivity index (χ2v) is 6.55. The van der Waals surface area contributed by atoms with Gasteiger partial charge in [-0.3, -0.25) is 0 Å². The molecule has 0 aliphatic heterocycles. The SMILES string of the molecule is CCN(CC)c1cc2ccccc2c(N(CC)CC)c1-c1ccccc1. The Hall–Kier alpha value is -2.48. The molecule has 0 bridgehead atoms. The first-order chi connectivity index (χ1) is 12.7. The van der Waals surface area contributed by atoms with Crippen molar-refractivity contribution in [2.45, 2.75) is 27.7 Å². The van der Waals surface area contributed by atoms with Crippen LogP contribution in [0.15, 0.2) is 60.7 Å². The van der Waals surface area contributed by atoms with Gasteiger partial charge < -0.3 is 9.80 Å². The predicted molar refractivity (Wildman–Crippen MR) is 117 cm³/mol. The van der Waals surface area contributed by atoms with E-state index in [-0.39, 0.29) is 0 Å². The molecule has 0 fully saturated rings. The fourth-order valence-corrected chi connectivity index (χ4v) is 3.89. The molecule has 0 saturated heterocycles. The van der Waals surface area contributed by atoms with Gasteiger partial charge in [-0.25, -0.2) is 0 Å². The molecule has 0 aromatic heterocycles. The van der Waals surface area contributed by atoms with Crippen molar-refractivity contribution in [3.63, 3.8) is 0 Å². The molecule has 0 atom stereocenters. The summed E-state index contributed by atoms with van der Waals surface area (Å²) in [6, 6.07) is 22.0. The number of fused-ring (bicyclic) bond motifs is 1. The third-order valence-corrected chi connectivity index (χ3v) is 5.25. The average molecular weight is 347 g/mol. The minimum atomic E-state index is 1.00. The summed E-state index contributed by atoms with van der Waals surface area (Å²) in [6.45, 7) is 13.0. The van der Waals surface area contributed by atoms with Gasteiger partial charge in [0.25, 0.3) is 0 Å². The molecular weight excluding hydrogens is 316 g/mol. The van der Waals surface area contributed by atoms with Crippen molar-refractivity contribution in [2.24, 2.45) is 0 Å². The predicted octanol–water partition coefficient (Wildman–Crippen LogP) is 6.20. The second-order valence-electron chi connectivity index (χ2n) is 6.55. The van der Waals surface area contributed by atoms with Gasteiger partial charge in [0.2, 0.25) is 0 Å². The Labute approximate surface area is 158 Å². The topological polar surface area (TPSA) is 6.48 Å². The number of benzene rings is 3. The van der Waals surface area contributed by atoms with Gasteiger partial charge in [-0.1, -0.05) is 54.6 Å². The number of hydrogen-bond acceptors (Lipinski definition) is 2. The van der Waals surface area contributed by atoms with Crippen molar-refractivity contribution in [2.75, 3.05) is 36.0 Å². The summed E-state index contributed by atoms with van der Waals surface area (Å²) >= 11 is 0. The van der Waals surface area contributed by atoms with E-state index in [9.17, 15) is 0 Å². The van der Waals surface area contributed by atoms with Crippen LogP contribution in [-0.2, 0) is 0 Å². The lowest BCUT2D eigenvalue weighted by atomic mass is 9.94. The second kappa shape index (κ2) is 8.27. The van der Waals surface area contributed by atoms with E-state index in [1.807, 2.05) is 0 Å². The third-order valence-electron chi connectivity index (χ3n) is 5.25. The zero-order valence-corrected chi connectivity index (χ0v) is 16.5. The molecule has 0 amide bonds. The standard InChI is InChI=1S/C24H30N2/c1-5-25(6-2)22-18-20-16-12-13-17-21(20)24(26(7-3)8-4)23(22)19-14-10-9-11-15-19/h9-18H,5-8H2,1-4H3. The van der Waals surface area contributed by atoms with E-state index < -0.39 is 0 Å². The van der Waals surface area contributed by atoms with Crippen molar-refractivity contribution in [1.29, 1.82) is 0 Å². The lowest BCUT2D eigenvalue weighted by Gasteiger charge is -2.32. The smallest absolute Gasteiger partial charge is 0.0546 e. The molecular formula is C24H30N2. The Kier molecular flexibility index (Phi) is 5.82. The van der Waals surface area contributed by atoms with E-state index in [0.717, 1.165) is 26.2 Å². The van der Waals surface area contributed by atoms with Crippen LogP contribution in [0.1, 0.15) is 27.7 Å². The average Bonchev–Trinajstić information content (AvgIpc) is 2.70. The molecule has 2 heteroatoms. The highest BCUT2D eigenvalue weighted by molar-refractivity contribution is 6.07. The van der Waals surface area contributed by atoms with Gasteiger partial charge in [0.15, 0.2) is 0 Å². The quantitative estimate of drug-likeness (QED) is 0.502. The Morgan fingerprint density at radius 3 is 1.85 bits per heavy atom. The van der Waals surface area contributed by atoms with Gasteiger partial charge in [0.05, 0.1) is 5.69 Å². The van der Waals surface area contributed by atoms with Crippen LogP contribution in [0.25, 0.3) is 21.9 Å². The number of nitrogens with zero attached hydrogens (tertiary/aromatic N) is 2. The summed E-state index contributed by atoms with van der Waals surface area (Å²) < 4.78 is 0. The normalized spacial score (nSPS) is 10.9. The first-order valence-electron chi connectivity index (χ1n) is 9.86. The number of anilines is 2. The van der Waals surface area contributed by atoms with Crippen LogP contribution in [0.4, 0.5) is 11.4 Å². The summed E-state index contributed by atoms with van der Waals surface area (Å²) in [5.41, 5.74) is 5.35. The molecule has 0 saturated carbocycles. The van der Waals surface area contributed by atoms with Gasteiger partial charge >= 0.3 is 0 Å². The Morgan fingerprint density at radius 2 is 1.23 bits per heavy atom. The molecule has 0 spiro atoms.